The quantitative estimate of drug-likeness (QED) is 0.902. The molecule has 0 bridgehead atoms. The minimum atomic E-state index is -0.0668. The van der Waals surface area contributed by atoms with Crippen molar-refractivity contribution >= 4 is 16.9 Å². The van der Waals surface area contributed by atoms with E-state index in [1.54, 1.807) is 7.05 Å². The molecule has 0 atom stereocenters. The van der Waals surface area contributed by atoms with Crippen LogP contribution < -0.4 is 10.9 Å². The van der Waals surface area contributed by atoms with E-state index in [2.05, 4.69) is 15.4 Å². The van der Waals surface area contributed by atoms with Crippen molar-refractivity contribution in [3.05, 3.63) is 27.2 Å². The van der Waals surface area contributed by atoms with E-state index in [4.69, 9.17) is 0 Å². The summed E-state index contributed by atoms with van der Waals surface area (Å²) in [5.41, 5.74) is 3.38. The number of hydrogen-bond donors (Lipinski definition) is 2. The normalized spacial score (nSPS) is 15.8. The molecule has 0 aliphatic heterocycles. The van der Waals surface area contributed by atoms with E-state index >= 15 is 0 Å². The van der Waals surface area contributed by atoms with Crippen LogP contribution in [0.25, 0.3) is 11.0 Å². The third kappa shape index (κ3) is 3.23. The molecule has 1 aliphatic rings. The number of aromatic amines is 1. The van der Waals surface area contributed by atoms with Crippen molar-refractivity contribution < 1.29 is 4.79 Å². The molecule has 24 heavy (non-hydrogen) atoms. The number of fused-ring (bicyclic) bond motifs is 1. The van der Waals surface area contributed by atoms with Gasteiger partial charge in [0.05, 0.1) is 5.39 Å². The molecule has 0 saturated heterocycles. The molecule has 2 heterocycles. The molecule has 1 saturated carbocycles. The van der Waals surface area contributed by atoms with Gasteiger partial charge < -0.3 is 5.32 Å². The second kappa shape index (κ2) is 6.79. The van der Waals surface area contributed by atoms with Gasteiger partial charge in [0, 0.05) is 25.2 Å². The third-order valence-corrected chi connectivity index (χ3v) is 5.15. The van der Waals surface area contributed by atoms with Crippen LogP contribution >= 0.6 is 0 Å². The van der Waals surface area contributed by atoms with Crippen LogP contribution in [-0.4, -0.2) is 26.7 Å². The second-order valence-electron chi connectivity index (χ2n) is 6.90. The summed E-state index contributed by atoms with van der Waals surface area (Å²) >= 11 is 0. The summed E-state index contributed by atoms with van der Waals surface area (Å²) in [7, 11) is 1.69. The number of carbonyl (C=O) groups excluding carboxylic acids is 1. The fourth-order valence-electron chi connectivity index (χ4n) is 3.76. The summed E-state index contributed by atoms with van der Waals surface area (Å²) in [6.45, 7) is 3.88. The fraction of sp³-hybridized carbons (Fsp3) is 0.611. The van der Waals surface area contributed by atoms with Gasteiger partial charge in [-0.1, -0.05) is 19.3 Å². The Bertz CT molecular complexity index is 813. The van der Waals surface area contributed by atoms with E-state index < -0.39 is 0 Å². The van der Waals surface area contributed by atoms with Crippen molar-refractivity contribution in [2.24, 2.45) is 7.05 Å². The lowest BCUT2D eigenvalue weighted by molar-refractivity contribution is -0.121. The number of hydrogen-bond acceptors (Lipinski definition) is 3. The van der Waals surface area contributed by atoms with E-state index in [1.807, 2.05) is 13.8 Å². The highest BCUT2D eigenvalue weighted by Gasteiger charge is 2.18. The molecule has 2 N–H and O–H groups in total. The number of H-pyrrole nitrogens is 1. The number of nitrogens with one attached hydrogen (secondary N) is 2. The van der Waals surface area contributed by atoms with Gasteiger partial charge in [-0.05, 0) is 44.2 Å². The highest BCUT2D eigenvalue weighted by molar-refractivity contribution is 5.80. The van der Waals surface area contributed by atoms with Crippen LogP contribution in [0.1, 0.15) is 55.3 Å². The molecular formula is C18H26N4O2. The van der Waals surface area contributed by atoms with Gasteiger partial charge in [-0.15, -0.1) is 0 Å². The molecule has 2 aromatic heterocycles. The molecule has 0 spiro atoms. The molecule has 3 rings (SSSR count). The van der Waals surface area contributed by atoms with Crippen LogP contribution in [0.3, 0.4) is 0 Å². The predicted molar refractivity (Wildman–Crippen MR) is 94.1 cm³/mol. The topological polar surface area (TPSA) is 79.8 Å². The molecular weight excluding hydrogens is 304 g/mol. The van der Waals surface area contributed by atoms with Gasteiger partial charge in [-0.2, -0.15) is 0 Å². The minimum absolute atomic E-state index is 0.0668. The maximum atomic E-state index is 12.2. The smallest absolute Gasteiger partial charge is 0.276 e. The Morgan fingerprint density at radius 3 is 2.71 bits per heavy atom. The first kappa shape index (κ1) is 16.7. The Balaban J connectivity index is 1.74. The first-order chi connectivity index (χ1) is 11.5. The van der Waals surface area contributed by atoms with Crippen molar-refractivity contribution in [2.75, 3.05) is 0 Å². The van der Waals surface area contributed by atoms with Crippen LogP contribution in [0.5, 0.6) is 0 Å². The summed E-state index contributed by atoms with van der Waals surface area (Å²) in [5.74, 6) is 0.0998. The Labute approximate surface area is 141 Å². The predicted octanol–water partition coefficient (Wildman–Crippen LogP) is 2.26. The largest absolute Gasteiger partial charge is 0.353 e. The average Bonchev–Trinajstić information content (AvgIpc) is 2.82. The van der Waals surface area contributed by atoms with E-state index in [9.17, 15) is 9.59 Å². The molecule has 0 unspecified atom stereocenters. The number of aryl methyl sites for hydroxylation is 3. The first-order valence-corrected chi connectivity index (χ1v) is 8.81. The lowest BCUT2D eigenvalue weighted by Crippen LogP contribution is -2.36. The standard InChI is InChI=1S/C18H26N4O2/c1-11-14(9-10-15(23)20-13-7-5-4-6-8-13)12(2)19-17-16(11)18(24)22(3)21-17/h13H,4-10H2,1-3H3,(H,19,21)(H,20,23). The summed E-state index contributed by atoms with van der Waals surface area (Å²) in [5, 5.41) is 6.75. The number of aromatic nitrogens is 3. The van der Waals surface area contributed by atoms with Crippen molar-refractivity contribution in [2.45, 2.75) is 64.8 Å². The Hall–Kier alpha value is -2.11. The van der Waals surface area contributed by atoms with E-state index in [-0.39, 0.29) is 11.5 Å². The summed E-state index contributed by atoms with van der Waals surface area (Å²) < 4.78 is 1.45. The number of nitrogens with zero attached hydrogens (tertiary/aromatic N) is 2. The third-order valence-electron chi connectivity index (χ3n) is 5.15. The van der Waals surface area contributed by atoms with Crippen LogP contribution in [0, 0.1) is 13.8 Å². The van der Waals surface area contributed by atoms with Crippen LogP contribution in [0.15, 0.2) is 4.79 Å². The molecule has 6 nitrogen and oxygen atoms in total. The SMILES string of the molecule is Cc1nc2[nH]n(C)c(=O)c2c(C)c1CCC(=O)NC1CCCCC1. The van der Waals surface area contributed by atoms with E-state index in [1.165, 1.54) is 23.9 Å². The summed E-state index contributed by atoms with van der Waals surface area (Å²) in [4.78, 5) is 29.0. The number of rotatable bonds is 4. The van der Waals surface area contributed by atoms with E-state index in [0.717, 1.165) is 29.7 Å². The number of pyridine rings is 1. The highest BCUT2D eigenvalue weighted by Crippen LogP contribution is 2.21. The maximum Gasteiger partial charge on any atom is 0.276 e. The average molecular weight is 330 g/mol. The summed E-state index contributed by atoms with van der Waals surface area (Å²) in [6.07, 6.45) is 6.94. The monoisotopic (exact) mass is 330 g/mol. The second-order valence-corrected chi connectivity index (χ2v) is 6.90. The van der Waals surface area contributed by atoms with Crippen molar-refractivity contribution in [1.29, 1.82) is 0 Å². The minimum Gasteiger partial charge on any atom is -0.353 e. The zero-order valence-corrected chi connectivity index (χ0v) is 14.7. The summed E-state index contributed by atoms with van der Waals surface area (Å²) in [6, 6.07) is 0.339. The zero-order valence-electron chi connectivity index (χ0n) is 14.7. The van der Waals surface area contributed by atoms with E-state index in [0.29, 0.717) is 29.9 Å². The maximum absolute atomic E-state index is 12.2. The molecule has 1 aliphatic carbocycles. The molecule has 0 aromatic carbocycles. The van der Waals surface area contributed by atoms with Gasteiger partial charge in [-0.25, -0.2) is 4.98 Å². The zero-order chi connectivity index (χ0) is 17.3. The van der Waals surface area contributed by atoms with Gasteiger partial charge >= 0.3 is 0 Å². The van der Waals surface area contributed by atoms with Gasteiger partial charge in [0.1, 0.15) is 0 Å². The molecule has 130 valence electrons. The van der Waals surface area contributed by atoms with Crippen molar-refractivity contribution in [3.63, 3.8) is 0 Å². The Kier molecular flexibility index (Phi) is 4.73. The molecule has 6 heteroatoms. The van der Waals surface area contributed by atoms with Gasteiger partial charge in [0.15, 0.2) is 5.65 Å². The van der Waals surface area contributed by atoms with Crippen molar-refractivity contribution in [3.8, 4) is 0 Å². The Morgan fingerprint density at radius 1 is 1.29 bits per heavy atom. The number of amides is 1. The Morgan fingerprint density at radius 2 is 2.00 bits per heavy atom. The number of carbonyl (C=O) groups is 1. The highest BCUT2D eigenvalue weighted by atomic mass is 16.1. The fourth-order valence-corrected chi connectivity index (χ4v) is 3.76. The van der Waals surface area contributed by atoms with Crippen molar-refractivity contribution in [1.82, 2.24) is 20.1 Å². The first-order valence-electron chi connectivity index (χ1n) is 8.81. The molecule has 1 amide bonds. The van der Waals surface area contributed by atoms with Gasteiger partial charge in [0.25, 0.3) is 5.56 Å². The molecule has 2 aromatic rings. The lowest BCUT2D eigenvalue weighted by Gasteiger charge is -2.22. The van der Waals surface area contributed by atoms with Gasteiger partial charge in [0.2, 0.25) is 5.91 Å². The van der Waals surface area contributed by atoms with Crippen LogP contribution in [0.4, 0.5) is 0 Å². The van der Waals surface area contributed by atoms with Gasteiger partial charge in [-0.3, -0.25) is 19.4 Å². The molecule has 0 radical (unpaired) electrons. The van der Waals surface area contributed by atoms with Crippen LogP contribution in [0.2, 0.25) is 0 Å². The molecule has 1 fully saturated rings. The lowest BCUT2D eigenvalue weighted by atomic mass is 9.95. The van der Waals surface area contributed by atoms with Crippen LogP contribution in [-0.2, 0) is 18.3 Å².